The van der Waals surface area contributed by atoms with Crippen LogP contribution in [0.2, 0.25) is 0 Å². The third kappa shape index (κ3) is 3.38. The summed E-state index contributed by atoms with van der Waals surface area (Å²) in [5.41, 5.74) is 1.73. The summed E-state index contributed by atoms with van der Waals surface area (Å²) in [4.78, 5) is 33.3. The highest BCUT2D eigenvalue weighted by Gasteiger charge is 2.46. The van der Waals surface area contributed by atoms with Crippen molar-refractivity contribution in [2.24, 2.45) is 0 Å². The largest absolute Gasteiger partial charge is 0.337 e. The Hall–Kier alpha value is -3.48. The van der Waals surface area contributed by atoms with E-state index in [1.54, 1.807) is 4.90 Å². The molecule has 0 N–H and O–H groups in total. The van der Waals surface area contributed by atoms with Crippen molar-refractivity contribution in [3.63, 3.8) is 0 Å². The fourth-order valence-corrected chi connectivity index (χ4v) is 3.32. The maximum Gasteiger partial charge on any atom is 0.328 e. The standard InChI is InChI=1S/C21H20N4O3/c1-2-17-22-18(28-23-17)14-25-20(26)19(16-11-7-4-8-12-16)24(21(25)27)13-15-9-5-3-6-10-15/h3-12,19H,2,13-14H2,1H3/t19-/m1/s1. The lowest BCUT2D eigenvalue weighted by Gasteiger charge is -2.22. The third-order valence-corrected chi connectivity index (χ3v) is 4.72. The molecule has 1 fully saturated rings. The number of amides is 3. The summed E-state index contributed by atoms with van der Waals surface area (Å²) in [6.07, 6.45) is 0.623. The summed E-state index contributed by atoms with van der Waals surface area (Å²) in [6, 6.07) is 17.9. The van der Waals surface area contributed by atoms with Crippen molar-refractivity contribution < 1.29 is 14.1 Å². The van der Waals surface area contributed by atoms with E-state index >= 15 is 0 Å². The zero-order valence-corrected chi connectivity index (χ0v) is 15.5. The highest BCUT2D eigenvalue weighted by atomic mass is 16.5. The van der Waals surface area contributed by atoms with Crippen LogP contribution in [-0.4, -0.2) is 31.9 Å². The molecular weight excluding hydrogens is 356 g/mol. The molecular formula is C21H20N4O3. The predicted molar refractivity (Wildman–Crippen MR) is 101 cm³/mol. The minimum absolute atomic E-state index is 0.0285. The van der Waals surface area contributed by atoms with E-state index in [1.165, 1.54) is 4.90 Å². The lowest BCUT2D eigenvalue weighted by Crippen LogP contribution is -2.32. The Morgan fingerprint density at radius 1 is 0.964 bits per heavy atom. The number of benzene rings is 2. The maximum atomic E-state index is 13.2. The van der Waals surface area contributed by atoms with Gasteiger partial charge in [-0.15, -0.1) is 0 Å². The van der Waals surface area contributed by atoms with Crippen molar-refractivity contribution in [2.75, 3.05) is 0 Å². The quantitative estimate of drug-likeness (QED) is 0.617. The number of nitrogens with zero attached hydrogens (tertiary/aromatic N) is 4. The second kappa shape index (κ2) is 7.64. The normalized spacial score (nSPS) is 16.8. The second-order valence-corrected chi connectivity index (χ2v) is 6.59. The minimum Gasteiger partial charge on any atom is -0.337 e. The molecule has 1 saturated heterocycles. The van der Waals surface area contributed by atoms with E-state index in [0.717, 1.165) is 11.1 Å². The van der Waals surface area contributed by atoms with Gasteiger partial charge in [0.1, 0.15) is 12.6 Å². The molecule has 2 heterocycles. The van der Waals surface area contributed by atoms with Gasteiger partial charge in [0.05, 0.1) is 0 Å². The smallest absolute Gasteiger partial charge is 0.328 e. The molecule has 2 aromatic carbocycles. The number of carbonyl (C=O) groups is 2. The summed E-state index contributed by atoms with van der Waals surface area (Å²) >= 11 is 0. The van der Waals surface area contributed by atoms with Crippen molar-refractivity contribution in [3.05, 3.63) is 83.5 Å². The Morgan fingerprint density at radius 3 is 2.29 bits per heavy atom. The molecule has 0 unspecified atom stereocenters. The molecule has 0 saturated carbocycles. The lowest BCUT2D eigenvalue weighted by atomic mass is 10.1. The number of imide groups is 1. The fourth-order valence-electron chi connectivity index (χ4n) is 3.32. The molecule has 142 valence electrons. The number of urea groups is 1. The minimum atomic E-state index is -0.678. The predicted octanol–water partition coefficient (Wildman–Crippen LogP) is 3.34. The summed E-state index contributed by atoms with van der Waals surface area (Å²) in [5, 5.41) is 3.84. The molecule has 0 spiro atoms. The van der Waals surface area contributed by atoms with Crippen LogP contribution in [0.4, 0.5) is 4.79 Å². The number of rotatable bonds is 6. The van der Waals surface area contributed by atoms with E-state index in [-0.39, 0.29) is 24.4 Å². The maximum absolute atomic E-state index is 13.2. The van der Waals surface area contributed by atoms with Gasteiger partial charge < -0.3 is 9.42 Å². The summed E-state index contributed by atoms with van der Waals surface area (Å²) in [5.74, 6) is 0.519. The van der Waals surface area contributed by atoms with Gasteiger partial charge in [0.2, 0.25) is 5.89 Å². The van der Waals surface area contributed by atoms with Gasteiger partial charge in [-0.2, -0.15) is 4.98 Å². The molecule has 0 bridgehead atoms. The summed E-state index contributed by atoms with van der Waals surface area (Å²) < 4.78 is 5.18. The van der Waals surface area contributed by atoms with Gasteiger partial charge in [0, 0.05) is 13.0 Å². The van der Waals surface area contributed by atoms with Gasteiger partial charge in [-0.1, -0.05) is 72.7 Å². The van der Waals surface area contributed by atoms with Gasteiger partial charge in [-0.25, -0.2) is 4.79 Å². The SMILES string of the molecule is CCc1noc(CN2C(=O)[C@@H](c3ccccc3)N(Cc3ccccc3)C2=O)n1. The van der Waals surface area contributed by atoms with Crippen molar-refractivity contribution in [3.8, 4) is 0 Å². The van der Waals surface area contributed by atoms with Crippen molar-refractivity contribution in [2.45, 2.75) is 32.5 Å². The van der Waals surface area contributed by atoms with Crippen LogP contribution < -0.4 is 0 Å². The second-order valence-electron chi connectivity index (χ2n) is 6.59. The van der Waals surface area contributed by atoms with Crippen LogP contribution >= 0.6 is 0 Å². The zero-order chi connectivity index (χ0) is 19.5. The number of hydrogen-bond acceptors (Lipinski definition) is 5. The van der Waals surface area contributed by atoms with Crippen molar-refractivity contribution >= 4 is 11.9 Å². The zero-order valence-electron chi connectivity index (χ0n) is 15.5. The van der Waals surface area contributed by atoms with Crippen molar-refractivity contribution in [1.29, 1.82) is 0 Å². The molecule has 1 atom stereocenters. The summed E-state index contributed by atoms with van der Waals surface area (Å²) in [7, 11) is 0. The van der Waals surface area contributed by atoms with E-state index in [0.29, 0.717) is 18.8 Å². The van der Waals surface area contributed by atoms with Crippen LogP contribution in [0.1, 0.15) is 35.8 Å². The van der Waals surface area contributed by atoms with E-state index in [4.69, 9.17) is 4.52 Å². The van der Waals surface area contributed by atoms with Gasteiger partial charge in [0.25, 0.3) is 5.91 Å². The average molecular weight is 376 g/mol. The number of aryl methyl sites for hydroxylation is 1. The average Bonchev–Trinajstić information content (AvgIpc) is 3.28. The van der Waals surface area contributed by atoms with Gasteiger partial charge in [-0.3, -0.25) is 9.69 Å². The van der Waals surface area contributed by atoms with E-state index in [2.05, 4.69) is 10.1 Å². The monoisotopic (exact) mass is 376 g/mol. The molecule has 1 aliphatic rings. The van der Waals surface area contributed by atoms with E-state index in [1.807, 2.05) is 67.6 Å². The Morgan fingerprint density at radius 2 is 1.64 bits per heavy atom. The number of hydrogen-bond donors (Lipinski definition) is 0. The lowest BCUT2D eigenvalue weighted by molar-refractivity contribution is -0.129. The van der Waals surface area contributed by atoms with Crippen LogP contribution in [0, 0.1) is 0 Å². The van der Waals surface area contributed by atoms with Gasteiger partial charge in [0.15, 0.2) is 5.82 Å². The molecule has 3 amide bonds. The summed E-state index contributed by atoms with van der Waals surface area (Å²) in [6.45, 7) is 2.22. The first-order valence-corrected chi connectivity index (χ1v) is 9.19. The van der Waals surface area contributed by atoms with Crippen LogP contribution in [0.15, 0.2) is 65.2 Å². The van der Waals surface area contributed by atoms with Crippen LogP contribution in [0.5, 0.6) is 0 Å². The molecule has 0 aliphatic carbocycles. The fraction of sp³-hybridized carbons (Fsp3) is 0.238. The first-order chi connectivity index (χ1) is 13.7. The molecule has 0 radical (unpaired) electrons. The molecule has 4 rings (SSSR count). The Labute approximate surface area is 162 Å². The number of carbonyl (C=O) groups excluding carboxylic acids is 2. The van der Waals surface area contributed by atoms with Crippen molar-refractivity contribution in [1.82, 2.24) is 19.9 Å². The van der Waals surface area contributed by atoms with Crippen LogP contribution in [0.3, 0.4) is 0 Å². The molecule has 7 nitrogen and oxygen atoms in total. The van der Waals surface area contributed by atoms with Gasteiger partial charge in [-0.05, 0) is 11.1 Å². The van der Waals surface area contributed by atoms with Gasteiger partial charge >= 0.3 is 6.03 Å². The van der Waals surface area contributed by atoms with E-state index in [9.17, 15) is 9.59 Å². The van der Waals surface area contributed by atoms with E-state index < -0.39 is 6.04 Å². The molecule has 7 heteroatoms. The molecule has 3 aromatic rings. The highest BCUT2D eigenvalue weighted by Crippen LogP contribution is 2.33. The number of aromatic nitrogens is 2. The Bertz CT molecular complexity index is 972. The third-order valence-electron chi connectivity index (χ3n) is 4.72. The first kappa shape index (κ1) is 17.9. The molecule has 28 heavy (non-hydrogen) atoms. The Kier molecular flexibility index (Phi) is 4.89. The highest BCUT2D eigenvalue weighted by molar-refractivity contribution is 6.04. The molecule has 1 aliphatic heterocycles. The first-order valence-electron chi connectivity index (χ1n) is 9.19. The Balaban J connectivity index is 1.65. The molecule has 1 aromatic heterocycles. The van der Waals surface area contributed by atoms with Crippen LogP contribution in [-0.2, 0) is 24.3 Å². The topological polar surface area (TPSA) is 79.5 Å². The van der Waals surface area contributed by atoms with Crippen LogP contribution in [0.25, 0.3) is 0 Å².